The number of urea groups is 1. The largest absolute Gasteiger partial charge is 0.489 e. The van der Waals surface area contributed by atoms with Crippen LogP contribution in [0.15, 0.2) is 48.8 Å². The molecule has 6 nitrogen and oxygen atoms in total. The summed E-state index contributed by atoms with van der Waals surface area (Å²) in [5.74, 6) is 1.31. The third-order valence-corrected chi connectivity index (χ3v) is 5.00. The van der Waals surface area contributed by atoms with Crippen LogP contribution in [0.1, 0.15) is 38.2 Å². The van der Waals surface area contributed by atoms with Crippen molar-refractivity contribution in [2.45, 2.75) is 45.3 Å². The Labute approximate surface area is 166 Å². The summed E-state index contributed by atoms with van der Waals surface area (Å²) in [6, 6.07) is 10.9. The molecule has 2 aromatic rings. The molecule has 0 aliphatic heterocycles. The zero-order valence-corrected chi connectivity index (χ0v) is 16.4. The van der Waals surface area contributed by atoms with E-state index in [9.17, 15) is 4.79 Å². The number of hydrogen-bond acceptors (Lipinski definition) is 4. The second-order valence-corrected chi connectivity index (χ2v) is 7.22. The fourth-order valence-electron chi connectivity index (χ4n) is 3.39. The zero-order chi connectivity index (χ0) is 19.6. The number of aromatic nitrogens is 1. The molecule has 1 aromatic carbocycles. The molecule has 1 aliphatic rings. The van der Waals surface area contributed by atoms with E-state index in [1.54, 1.807) is 18.5 Å². The highest BCUT2D eigenvalue weighted by Gasteiger charge is 2.21. The van der Waals surface area contributed by atoms with Crippen LogP contribution in [-0.4, -0.2) is 30.3 Å². The molecule has 0 spiro atoms. The predicted molar refractivity (Wildman–Crippen MR) is 109 cm³/mol. The number of carbonyl (C=O) groups excluding carboxylic acids is 1. The van der Waals surface area contributed by atoms with E-state index in [1.165, 1.54) is 19.3 Å². The predicted octanol–water partition coefficient (Wildman–Crippen LogP) is 4.38. The number of benzene rings is 1. The minimum atomic E-state index is -0.244. The Morgan fingerprint density at radius 3 is 2.82 bits per heavy atom. The normalized spacial score (nSPS) is 19.0. The maximum absolute atomic E-state index is 12.1. The highest BCUT2D eigenvalue weighted by atomic mass is 16.5. The first kappa shape index (κ1) is 20.1. The monoisotopic (exact) mass is 383 g/mol. The highest BCUT2D eigenvalue weighted by Crippen LogP contribution is 2.26. The Hall–Kier alpha value is -2.60. The maximum atomic E-state index is 12.1. The molecule has 1 saturated carbocycles. The minimum Gasteiger partial charge on any atom is -0.489 e. The van der Waals surface area contributed by atoms with Crippen molar-refractivity contribution in [1.29, 1.82) is 0 Å². The van der Waals surface area contributed by atoms with Gasteiger partial charge in [0.15, 0.2) is 0 Å². The van der Waals surface area contributed by atoms with Crippen molar-refractivity contribution in [3.8, 4) is 5.75 Å². The Kier molecular flexibility index (Phi) is 7.67. The quantitative estimate of drug-likeness (QED) is 0.664. The average Bonchev–Trinajstić information content (AvgIpc) is 2.72. The van der Waals surface area contributed by atoms with Crippen LogP contribution >= 0.6 is 0 Å². The lowest BCUT2D eigenvalue weighted by atomic mass is 9.88. The molecular weight excluding hydrogens is 354 g/mol. The highest BCUT2D eigenvalue weighted by molar-refractivity contribution is 5.89. The van der Waals surface area contributed by atoms with Crippen LogP contribution < -0.4 is 15.4 Å². The molecule has 0 unspecified atom stereocenters. The third-order valence-electron chi connectivity index (χ3n) is 5.00. The molecule has 2 atom stereocenters. The van der Waals surface area contributed by atoms with Gasteiger partial charge in [0.05, 0.1) is 12.7 Å². The molecule has 0 radical (unpaired) electrons. The zero-order valence-electron chi connectivity index (χ0n) is 16.4. The van der Waals surface area contributed by atoms with Gasteiger partial charge in [-0.15, -0.1) is 0 Å². The summed E-state index contributed by atoms with van der Waals surface area (Å²) >= 11 is 0. The van der Waals surface area contributed by atoms with Crippen molar-refractivity contribution in [3.63, 3.8) is 0 Å². The number of hydrogen-bond donors (Lipinski definition) is 2. The number of amides is 2. The first-order valence-electron chi connectivity index (χ1n) is 9.99. The molecule has 0 saturated heterocycles. The molecule has 28 heavy (non-hydrogen) atoms. The van der Waals surface area contributed by atoms with Crippen LogP contribution in [0.25, 0.3) is 0 Å². The van der Waals surface area contributed by atoms with Gasteiger partial charge in [-0.25, -0.2) is 4.79 Å². The number of carbonyl (C=O) groups is 1. The molecule has 1 heterocycles. The van der Waals surface area contributed by atoms with Gasteiger partial charge in [-0.05, 0) is 48.6 Å². The Morgan fingerprint density at radius 2 is 2.00 bits per heavy atom. The van der Waals surface area contributed by atoms with Crippen molar-refractivity contribution >= 4 is 11.7 Å². The van der Waals surface area contributed by atoms with E-state index >= 15 is 0 Å². The van der Waals surface area contributed by atoms with Gasteiger partial charge >= 0.3 is 6.03 Å². The Bertz CT molecular complexity index is 739. The van der Waals surface area contributed by atoms with E-state index < -0.39 is 0 Å². The molecule has 150 valence electrons. The number of ether oxygens (including phenoxy) is 2. The summed E-state index contributed by atoms with van der Waals surface area (Å²) < 4.78 is 11.7. The lowest BCUT2D eigenvalue weighted by molar-refractivity contribution is -0.00232. The van der Waals surface area contributed by atoms with E-state index in [0.717, 1.165) is 12.0 Å². The smallest absolute Gasteiger partial charge is 0.319 e. The van der Waals surface area contributed by atoms with Crippen molar-refractivity contribution in [3.05, 3.63) is 54.4 Å². The van der Waals surface area contributed by atoms with Gasteiger partial charge in [-0.1, -0.05) is 25.8 Å². The molecule has 1 aromatic heterocycles. The molecule has 2 amide bonds. The summed E-state index contributed by atoms with van der Waals surface area (Å²) in [6.07, 6.45) is 8.69. The summed E-state index contributed by atoms with van der Waals surface area (Å²) in [5.41, 5.74) is 1.73. The molecular formula is C22H29N3O3. The lowest BCUT2D eigenvalue weighted by Crippen LogP contribution is -2.34. The van der Waals surface area contributed by atoms with Crippen molar-refractivity contribution in [2.24, 2.45) is 5.92 Å². The maximum Gasteiger partial charge on any atom is 0.319 e. The number of nitrogens with zero attached hydrogens (tertiary/aromatic N) is 1. The minimum absolute atomic E-state index is 0.244. The second-order valence-electron chi connectivity index (χ2n) is 7.22. The van der Waals surface area contributed by atoms with Crippen LogP contribution in [0.4, 0.5) is 10.5 Å². The van der Waals surface area contributed by atoms with Crippen LogP contribution in [0.3, 0.4) is 0 Å². The van der Waals surface area contributed by atoms with E-state index in [0.29, 0.717) is 43.2 Å². The van der Waals surface area contributed by atoms with Crippen molar-refractivity contribution in [1.82, 2.24) is 10.3 Å². The molecule has 3 rings (SSSR count). The third kappa shape index (κ3) is 6.53. The van der Waals surface area contributed by atoms with Gasteiger partial charge in [0, 0.05) is 30.7 Å². The van der Waals surface area contributed by atoms with Crippen LogP contribution in [0.2, 0.25) is 0 Å². The molecule has 6 heteroatoms. The van der Waals surface area contributed by atoms with E-state index in [-0.39, 0.29) is 6.03 Å². The van der Waals surface area contributed by atoms with Crippen molar-refractivity contribution < 1.29 is 14.3 Å². The summed E-state index contributed by atoms with van der Waals surface area (Å²) in [7, 11) is 0. The molecule has 1 aliphatic carbocycles. The Balaban J connectivity index is 1.37. The number of pyridine rings is 1. The average molecular weight is 383 g/mol. The van der Waals surface area contributed by atoms with E-state index in [4.69, 9.17) is 9.47 Å². The van der Waals surface area contributed by atoms with Crippen molar-refractivity contribution in [2.75, 3.05) is 18.5 Å². The molecule has 2 N–H and O–H groups in total. The van der Waals surface area contributed by atoms with Gasteiger partial charge < -0.3 is 20.1 Å². The standard InChI is InChI=1S/C22H29N3O3/c1-17-5-2-3-8-21(17)27-14-13-24-22(26)25-19-6-4-7-20(15-19)28-16-18-9-11-23-12-10-18/h4,6-7,9-12,15,17,21H,2-3,5,8,13-14,16H2,1H3,(H2,24,25,26)/t17-,21-/m1/s1. The van der Waals surface area contributed by atoms with E-state index in [1.807, 2.05) is 30.3 Å². The summed E-state index contributed by atoms with van der Waals surface area (Å²) in [6.45, 7) is 3.73. The lowest BCUT2D eigenvalue weighted by Gasteiger charge is -2.28. The van der Waals surface area contributed by atoms with Gasteiger partial charge in [0.2, 0.25) is 0 Å². The molecule has 0 bridgehead atoms. The number of nitrogens with one attached hydrogen (secondary N) is 2. The summed E-state index contributed by atoms with van der Waals surface area (Å²) in [5, 5.41) is 5.67. The second kappa shape index (κ2) is 10.7. The topological polar surface area (TPSA) is 72.5 Å². The number of rotatable bonds is 8. The van der Waals surface area contributed by atoms with Gasteiger partial charge in [-0.2, -0.15) is 0 Å². The SMILES string of the molecule is C[C@@H]1CCCC[C@H]1OCCNC(=O)Nc1cccc(OCc2ccncc2)c1. The van der Waals surface area contributed by atoms with Crippen LogP contribution in [-0.2, 0) is 11.3 Å². The fraction of sp³-hybridized carbons (Fsp3) is 0.455. The summed E-state index contributed by atoms with van der Waals surface area (Å²) in [4.78, 5) is 16.1. The van der Waals surface area contributed by atoms with Crippen LogP contribution in [0.5, 0.6) is 5.75 Å². The van der Waals surface area contributed by atoms with E-state index in [2.05, 4.69) is 22.5 Å². The number of anilines is 1. The van der Waals surface area contributed by atoms with Crippen LogP contribution in [0, 0.1) is 5.92 Å². The Morgan fingerprint density at radius 1 is 1.18 bits per heavy atom. The van der Waals surface area contributed by atoms with Gasteiger partial charge in [0.1, 0.15) is 12.4 Å². The first-order chi connectivity index (χ1) is 13.7. The van der Waals surface area contributed by atoms with Gasteiger partial charge in [0.25, 0.3) is 0 Å². The van der Waals surface area contributed by atoms with Gasteiger partial charge in [-0.3, -0.25) is 4.98 Å². The fourth-order valence-corrected chi connectivity index (χ4v) is 3.39. The molecule has 1 fully saturated rings. The first-order valence-corrected chi connectivity index (χ1v) is 9.99.